The van der Waals surface area contributed by atoms with E-state index in [4.69, 9.17) is 11.6 Å². The monoisotopic (exact) mass is 333 g/mol. The number of fused-ring (bicyclic) bond motifs is 1. The Labute approximate surface area is 137 Å². The van der Waals surface area contributed by atoms with E-state index in [1.165, 1.54) is 4.88 Å². The van der Waals surface area contributed by atoms with Crippen LogP contribution in [0, 0.1) is 0 Å². The van der Waals surface area contributed by atoms with Gasteiger partial charge in [0.1, 0.15) is 5.65 Å². The molecular formula is C16H16ClN3OS. The summed E-state index contributed by atoms with van der Waals surface area (Å²) in [6.07, 6.45) is 5.81. The number of amides is 1. The lowest BCUT2D eigenvalue weighted by atomic mass is 10.2. The number of hydrogen-bond donors (Lipinski definition) is 1. The van der Waals surface area contributed by atoms with Crippen molar-refractivity contribution in [2.75, 3.05) is 6.54 Å². The fourth-order valence-electron chi connectivity index (χ4n) is 2.25. The molecule has 0 unspecified atom stereocenters. The molecule has 0 spiro atoms. The van der Waals surface area contributed by atoms with Gasteiger partial charge in [0.2, 0.25) is 5.91 Å². The number of hydrogen-bond acceptors (Lipinski definition) is 3. The van der Waals surface area contributed by atoms with Crippen LogP contribution in [0.15, 0.2) is 42.0 Å². The first-order valence-corrected chi connectivity index (χ1v) is 8.39. The predicted molar refractivity (Wildman–Crippen MR) is 89.6 cm³/mol. The number of thiophene rings is 1. The molecule has 0 radical (unpaired) electrons. The first-order valence-electron chi connectivity index (χ1n) is 7.13. The van der Waals surface area contributed by atoms with Gasteiger partial charge in [0.05, 0.1) is 10.7 Å². The van der Waals surface area contributed by atoms with Crippen molar-refractivity contribution in [2.45, 2.75) is 19.3 Å². The second-order valence-corrected chi connectivity index (χ2v) is 6.49. The normalized spacial score (nSPS) is 11.0. The Morgan fingerprint density at radius 2 is 2.18 bits per heavy atom. The summed E-state index contributed by atoms with van der Waals surface area (Å²) in [5.41, 5.74) is 1.81. The van der Waals surface area contributed by atoms with Gasteiger partial charge in [0.15, 0.2) is 0 Å². The van der Waals surface area contributed by atoms with Crippen LogP contribution in [0.25, 0.3) is 5.65 Å². The van der Waals surface area contributed by atoms with E-state index in [0.29, 0.717) is 24.4 Å². The number of nitrogens with one attached hydrogen (secondary N) is 1. The molecule has 6 heteroatoms. The third kappa shape index (κ3) is 3.87. The number of pyridine rings is 1. The highest BCUT2D eigenvalue weighted by Gasteiger charge is 2.05. The highest BCUT2D eigenvalue weighted by atomic mass is 35.5. The number of nitrogens with zero attached hydrogens (tertiary/aromatic N) is 2. The smallest absolute Gasteiger partial charge is 0.220 e. The molecule has 0 saturated heterocycles. The first kappa shape index (κ1) is 15.1. The minimum Gasteiger partial charge on any atom is -0.356 e. The Bertz CT molecular complexity index is 767. The topological polar surface area (TPSA) is 46.4 Å². The van der Waals surface area contributed by atoms with Gasteiger partial charge in [-0.25, -0.2) is 4.98 Å². The quantitative estimate of drug-likeness (QED) is 0.752. The van der Waals surface area contributed by atoms with E-state index in [1.54, 1.807) is 11.3 Å². The summed E-state index contributed by atoms with van der Waals surface area (Å²) >= 11 is 7.63. The number of carbonyl (C=O) groups is 1. The van der Waals surface area contributed by atoms with Crippen molar-refractivity contribution in [1.82, 2.24) is 14.7 Å². The first-order chi connectivity index (χ1) is 10.7. The van der Waals surface area contributed by atoms with Gasteiger partial charge in [0, 0.05) is 36.7 Å². The lowest BCUT2D eigenvalue weighted by molar-refractivity contribution is -0.121. The summed E-state index contributed by atoms with van der Waals surface area (Å²) in [7, 11) is 0. The second kappa shape index (κ2) is 6.94. The highest BCUT2D eigenvalue weighted by Crippen LogP contribution is 2.12. The lowest BCUT2D eigenvalue weighted by Crippen LogP contribution is -2.25. The summed E-state index contributed by atoms with van der Waals surface area (Å²) < 4.78 is 1.90. The molecule has 3 aromatic rings. The lowest BCUT2D eigenvalue weighted by Gasteiger charge is -2.03. The minimum atomic E-state index is 0.0835. The molecule has 4 nitrogen and oxygen atoms in total. The van der Waals surface area contributed by atoms with Crippen molar-refractivity contribution in [1.29, 1.82) is 0 Å². The predicted octanol–water partition coefficient (Wildman–Crippen LogP) is 3.34. The largest absolute Gasteiger partial charge is 0.356 e. The summed E-state index contributed by atoms with van der Waals surface area (Å²) in [4.78, 5) is 17.5. The zero-order chi connectivity index (χ0) is 15.4. The second-order valence-electron chi connectivity index (χ2n) is 5.02. The Morgan fingerprint density at radius 1 is 1.27 bits per heavy atom. The Balaban J connectivity index is 1.46. The molecule has 3 heterocycles. The molecule has 3 rings (SSSR count). The Morgan fingerprint density at radius 3 is 3.00 bits per heavy atom. The van der Waals surface area contributed by atoms with Crippen LogP contribution in [-0.4, -0.2) is 21.8 Å². The van der Waals surface area contributed by atoms with E-state index in [2.05, 4.69) is 16.4 Å². The molecule has 0 fully saturated rings. The fraction of sp³-hybridized carbons (Fsp3) is 0.250. The zero-order valence-corrected chi connectivity index (χ0v) is 13.5. The van der Waals surface area contributed by atoms with Gasteiger partial charge >= 0.3 is 0 Å². The molecule has 3 aromatic heterocycles. The van der Waals surface area contributed by atoms with Crippen LogP contribution in [0.2, 0.25) is 5.02 Å². The van der Waals surface area contributed by atoms with Crippen molar-refractivity contribution in [3.8, 4) is 0 Å². The van der Waals surface area contributed by atoms with Crippen LogP contribution >= 0.6 is 22.9 Å². The molecular weight excluding hydrogens is 318 g/mol. The SMILES string of the molecule is O=C(CCc1cccs1)NCCc1cn2cc(Cl)ccc2n1. The van der Waals surface area contributed by atoms with E-state index in [1.807, 2.05) is 40.4 Å². The Hall–Kier alpha value is -1.85. The molecule has 0 aliphatic heterocycles. The average molecular weight is 334 g/mol. The number of aromatic nitrogens is 2. The number of carbonyl (C=O) groups excluding carboxylic acids is 1. The van der Waals surface area contributed by atoms with Gasteiger partial charge in [-0.05, 0) is 30.0 Å². The maximum absolute atomic E-state index is 11.8. The average Bonchev–Trinajstić information content (AvgIpc) is 3.13. The van der Waals surface area contributed by atoms with Crippen LogP contribution in [0.1, 0.15) is 17.0 Å². The van der Waals surface area contributed by atoms with Crippen LogP contribution in [-0.2, 0) is 17.6 Å². The van der Waals surface area contributed by atoms with E-state index < -0.39 is 0 Å². The number of imidazole rings is 1. The summed E-state index contributed by atoms with van der Waals surface area (Å²) in [6, 6.07) is 7.76. The van der Waals surface area contributed by atoms with Crippen molar-refractivity contribution < 1.29 is 4.79 Å². The van der Waals surface area contributed by atoms with Crippen molar-refractivity contribution in [3.05, 3.63) is 57.6 Å². The highest BCUT2D eigenvalue weighted by molar-refractivity contribution is 7.09. The maximum atomic E-state index is 11.8. The maximum Gasteiger partial charge on any atom is 0.220 e. The standard InChI is InChI=1S/C16H16ClN3OS/c17-12-3-5-15-19-13(11-20(15)10-12)7-8-18-16(21)6-4-14-2-1-9-22-14/h1-3,5,9-11H,4,6-8H2,(H,18,21). The van der Waals surface area contributed by atoms with Gasteiger partial charge in [-0.15, -0.1) is 11.3 Å². The van der Waals surface area contributed by atoms with Crippen LogP contribution in [0.3, 0.4) is 0 Å². The van der Waals surface area contributed by atoms with Crippen LogP contribution in [0.5, 0.6) is 0 Å². The minimum absolute atomic E-state index is 0.0835. The van der Waals surface area contributed by atoms with Gasteiger partial charge < -0.3 is 9.72 Å². The molecule has 0 bridgehead atoms. The third-order valence-electron chi connectivity index (χ3n) is 3.35. The van der Waals surface area contributed by atoms with Crippen molar-refractivity contribution >= 4 is 34.5 Å². The van der Waals surface area contributed by atoms with E-state index in [0.717, 1.165) is 17.8 Å². The van der Waals surface area contributed by atoms with E-state index >= 15 is 0 Å². The Kier molecular flexibility index (Phi) is 4.75. The third-order valence-corrected chi connectivity index (χ3v) is 4.51. The van der Waals surface area contributed by atoms with Crippen molar-refractivity contribution in [3.63, 3.8) is 0 Å². The zero-order valence-electron chi connectivity index (χ0n) is 12.0. The van der Waals surface area contributed by atoms with Crippen LogP contribution < -0.4 is 5.32 Å². The van der Waals surface area contributed by atoms with Gasteiger partial charge in [-0.2, -0.15) is 0 Å². The molecule has 0 atom stereocenters. The summed E-state index contributed by atoms with van der Waals surface area (Å²) in [6.45, 7) is 0.598. The molecule has 0 saturated carbocycles. The van der Waals surface area contributed by atoms with E-state index in [9.17, 15) is 4.79 Å². The number of halogens is 1. The molecule has 1 amide bonds. The number of aryl methyl sites for hydroxylation is 1. The van der Waals surface area contributed by atoms with Crippen LogP contribution in [0.4, 0.5) is 0 Å². The van der Waals surface area contributed by atoms with E-state index in [-0.39, 0.29) is 5.91 Å². The van der Waals surface area contributed by atoms with Crippen molar-refractivity contribution in [2.24, 2.45) is 0 Å². The van der Waals surface area contributed by atoms with Gasteiger partial charge in [-0.3, -0.25) is 4.79 Å². The molecule has 1 N–H and O–H groups in total. The van der Waals surface area contributed by atoms with Gasteiger partial charge in [0.25, 0.3) is 0 Å². The molecule has 22 heavy (non-hydrogen) atoms. The van der Waals surface area contributed by atoms with Gasteiger partial charge in [-0.1, -0.05) is 17.7 Å². The molecule has 114 valence electrons. The number of rotatable bonds is 6. The summed E-state index contributed by atoms with van der Waals surface area (Å²) in [5.74, 6) is 0.0835. The summed E-state index contributed by atoms with van der Waals surface area (Å²) in [5, 5.41) is 5.65. The fourth-order valence-corrected chi connectivity index (χ4v) is 3.12. The molecule has 0 aliphatic rings. The molecule has 0 aliphatic carbocycles. The molecule has 0 aromatic carbocycles.